The molecule has 0 saturated carbocycles. The molecule has 0 aromatic heterocycles. The zero-order chi connectivity index (χ0) is 16.8. The Kier molecular flexibility index (Phi) is 5.64. The van der Waals surface area contributed by atoms with Gasteiger partial charge >= 0.3 is 5.97 Å². The second kappa shape index (κ2) is 7.68. The first kappa shape index (κ1) is 16.9. The molecule has 0 radical (unpaired) electrons. The van der Waals surface area contributed by atoms with Gasteiger partial charge in [-0.3, -0.25) is 19.3 Å². The second-order valence-corrected chi connectivity index (χ2v) is 5.09. The number of anilines is 1. The van der Waals surface area contributed by atoms with E-state index in [1.807, 2.05) is 0 Å². The van der Waals surface area contributed by atoms with Crippen LogP contribution in [-0.2, 0) is 19.1 Å². The lowest BCUT2D eigenvalue weighted by molar-refractivity contribution is -0.146. The number of rotatable bonds is 5. The average Bonchev–Trinajstić information content (AvgIpc) is 2.52. The molecule has 124 valence electrons. The van der Waals surface area contributed by atoms with Gasteiger partial charge in [0.15, 0.2) is 0 Å². The van der Waals surface area contributed by atoms with Crippen LogP contribution in [0.4, 0.5) is 10.1 Å². The van der Waals surface area contributed by atoms with Crippen molar-refractivity contribution in [2.24, 2.45) is 0 Å². The van der Waals surface area contributed by atoms with E-state index < -0.39 is 23.7 Å². The number of para-hydroxylation sites is 1. The first-order chi connectivity index (χ1) is 11.0. The number of amides is 2. The minimum Gasteiger partial charge on any atom is -0.469 e. The predicted molar refractivity (Wildman–Crippen MR) is 80.0 cm³/mol. The van der Waals surface area contributed by atoms with Crippen LogP contribution < -0.4 is 10.6 Å². The molecule has 1 heterocycles. The van der Waals surface area contributed by atoms with E-state index in [0.717, 1.165) is 0 Å². The fourth-order valence-electron chi connectivity index (χ4n) is 2.35. The maximum Gasteiger partial charge on any atom is 0.307 e. The van der Waals surface area contributed by atoms with Gasteiger partial charge in [0, 0.05) is 13.1 Å². The van der Waals surface area contributed by atoms with E-state index in [0.29, 0.717) is 13.1 Å². The van der Waals surface area contributed by atoms with Gasteiger partial charge < -0.3 is 15.4 Å². The number of piperazine rings is 1. The van der Waals surface area contributed by atoms with Crippen molar-refractivity contribution in [2.45, 2.75) is 12.5 Å². The fourth-order valence-corrected chi connectivity index (χ4v) is 2.35. The van der Waals surface area contributed by atoms with E-state index in [2.05, 4.69) is 15.4 Å². The summed E-state index contributed by atoms with van der Waals surface area (Å²) in [5.41, 5.74) is 0.0727. The number of hydrogen-bond acceptors (Lipinski definition) is 5. The van der Waals surface area contributed by atoms with Gasteiger partial charge in [0.25, 0.3) is 0 Å². The van der Waals surface area contributed by atoms with Crippen molar-refractivity contribution in [1.82, 2.24) is 10.2 Å². The van der Waals surface area contributed by atoms with Crippen LogP contribution in [0.1, 0.15) is 6.42 Å². The SMILES string of the molecule is COC(=O)C[C@H]1C(=O)NCCN1CC(=O)Nc1ccccc1F. The quantitative estimate of drug-likeness (QED) is 0.752. The highest BCUT2D eigenvalue weighted by atomic mass is 19.1. The third-order valence-electron chi connectivity index (χ3n) is 3.52. The Morgan fingerprint density at radius 2 is 2.17 bits per heavy atom. The second-order valence-electron chi connectivity index (χ2n) is 5.09. The molecule has 0 unspecified atom stereocenters. The minimum atomic E-state index is -0.775. The van der Waals surface area contributed by atoms with E-state index in [9.17, 15) is 18.8 Å². The predicted octanol–water partition coefficient (Wildman–Crippen LogP) is 0.128. The van der Waals surface area contributed by atoms with Crippen LogP contribution in [-0.4, -0.2) is 55.5 Å². The molecule has 2 rings (SSSR count). The smallest absolute Gasteiger partial charge is 0.307 e. The molecule has 1 fully saturated rings. The monoisotopic (exact) mass is 323 g/mol. The lowest BCUT2D eigenvalue weighted by Gasteiger charge is -2.33. The summed E-state index contributed by atoms with van der Waals surface area (Å²) in [4.78, 5) is 37.0. The molecule has 1 atom stereocenters. The topological polar surface area (TPSA) is 87.7 Å². The van der Waals surface area contributed by atoms with Crippen LogP contribution in [0.5, 0.6) is 0 Å². The van der Waals surface area contributed by atoms with E-state index in [1.165, 1.54) is 25.3 Å². The maximum atomic E-state index is 13.5. The van der Waals surface area contributed by atoms with E-state index in [-0.39, 0.29) is 24.6 Å². The third kappa shape index (κ3) is 4.49. The molecule has 1 saturated heterocycles. The highest BCUT2D eigenvalue weighted by Gasteiger charge is 2.33. The Morgan fingerprint density at radius 1 is 1.43 bits per heavy atom. The molecule has 0 spiro atoms. The fraction of sp³-hybridized carbons (Fsp3) is 0.400. The molecule has 0 aliphatic carbocycles. The van der Waals surface area contributed by atoms with Gasteiger partial charge in [0.1, 0.15) is 11.9 Å². The van der Waals surface area contributed by atoms with Gasteiger partial charge in [-0.05, 0) is 12.1 Å². The molecule has 1 aromatic rings. The lowest BCUT2D eigenvalue weighted by atomic mass is 10.1. The van der Waals surface area contributed by atoms with Crippen molar-refractivity contribution in [2.75, 3.05) is 32.1 Å². The molecule has 0 bridgehead atoms. The lowest BCUT2D eigenvalue weighted by Crippen LogP contribution is -2.57. The largest absolute Gasteiger partial charge is 0.469 e. The first-order valence-corrected chi connectivity index (χ1v) is 7.14. The van der Waals surface area contributed by atoms with Gasteiger partial charge in [-0.2, -0.15) is 0 Å². The van der Waals surface area contributed by atoms with Crippen LogP contribution >= 0.6 is 0 Å². The van der Waals surface area contributed by atoms with Crippen molar-refractivity contribution in [3.8, 4) is 0 Å². The van der Waals surface area contributed by atoms with Crippen LogP contribution in [0.3, 0.4) is 0 Å². The molecule has 7 nitrogen and oxygen atoms in total. The van der Waals surface area contributed by atoms with Gasteiger partial charge in [0.2, 0.25) is 11.8 Å². The number of esters is 1. The van der Waals surface area contributed by atoms with E-state index >= 15 is 0 Å². The van der Waals surface area contributed by atoms with Crippen molar-refractivity contribution in [1.29, 1.82) is 0 Å². The summed E-state index contributed by atoms with van der Waals surface area (Å²) in [5.74, 6) is -1.87. The summed E-state index contributed by atoms with van der Waals surface area (Å²) in [7, 11) is 1.23. The molecular weight excluding hydrogens is 305 g/mol. The summed E-state index contributed by atoms with van der Waals surface area (Å²) in [6, 6.07) is 5.04. The van der Waals surface area contributed by atoms with Crippen molar-refractivity contribution >= 4 is 23.5 Å². The van der Waals surface area contributed by atoms with E-state index in [4.69, 9.17) is 0 Å². The summed E-state index contributed by atoms with van der Waals surface area (Å²) < 4.78 is 18.1. The standard InChI is InChI=1S/C15H18FN3O4/c1-23-14(21)8-12-15(22)17-6-7-19(12)9-13(20)18-11-5-3-2-4-10(11)16/h2-5,12H,6-9H2,1H3,(H,17,22)(H,18,20)/t12-/m0/s1. The van der Waals surface area contributed by atoms with Crippen LogP contribution in [0, 0.1) is 5.82 Å². The number of carbonyl (C=O) groups is 3. The number of nitrogens with one attached hydrogen (secondary N) is 2. The Morgan fingerprint density at radius 3 is 2.87 bits per heavy atom. The number of ether oxygens (including phenoxy) is 1. The molecule has 8 heteroatoms. The normalized spacial score (nSPS) is 18.2. The summed E-state index contributed by atoms with van der Waals surface area (Å²) in [6.45, 7) is 0.672. The molecule has 2 N–H and O–H groups in total. The number of methoxy groups -OCH3 is 1. The van der Waals surface area contributed by atoms with Crippen LogP contribution in [0.25, 0.3) is 0 Å². The molecule has 2 amide bonds. The number of benzene rings is 1. The Balaban J connectivity index is 2.01. The van der Waals surface area contributed by atoms with Gasteiger partial charge in [0.05, 0.1) is 25.8 Å². The summed E-state index contributed by atoms with van der Waals surface area (Å²) in [6.07, 6.45) is -0.144. The number of nitrogens with zero attached hydrogens (tertiary/aromatic N) is 1. The third-order valence-corrected chi connectivity index (χ3v) is 3.52. The Bertz CT molecular complexity index is 608. The van der Waals surface area contributed by atoms with Gasteiger partial charge in [-0.25, -0.2) is 4.39 Å². The first-order valence-electron chi connectivity index (χ1n) is 7.14. The molecule has 1 aliphatic heterocycles. The summed E-state index contributed by atoms with van der Waals surface area (Å²) in [5, 5.41) is 5.10. The minimum absolute atomic E-state index is 0.0727. The molecule has 1 aromatic carbocycles. The highest BCUT2D eigenvalue weighted by molar-refractivity contribution is 5.93. The van der Waals surface area contributed by atoms with Crippen molar-refractivity contribution < 1.29 is 23.5 Å². The summed E-state index contributed by atoms with van der Waals surface area (Å²) >= 11 is 0. The van der Waals surface area contributed by atoms with Crippen LogP contribution in [0.15, 0.2) is 24.3 Å². The van der Waals surface area contributed by atoms with Gasteiger partial charge in [-0.15, -0.1) is 0 Å². The maximum absolute atomic E-state index is 13.5. The Hall–Kier alpha value is -2.48. The number of carbonyl (C=O) groups excluding carboxylic acids is 3. The Labute approximate surface area is 132 Å². The number of halogens is 1. The highest BCUT2D eigenvalue weighted by Crippen LogP contribution is 2.14. The molecular formula is C15H18FN3O4. The van der Waals surface area contributed by atoms with Crippen molar-refractivity contribution in [3.05, 3.63) is 30.1 Å². The van der Waals surface area contributed by atoms with Gasteiger partial charge in [-0.1, -0.05) is 12.1 Å². The van der Waals surface area contributed by atoms with Crippen LogP contribution in [0.2, 0.25) is 0 Å². The molecule has 23 heavy (non-hydrogen) atoms. The van der Waals surface area contributed by atoms with Crippen molar-refractivity contribution in [3.63, 3.8) is 0 Å². The average molecular weight is 323 g/mol. The molecule has 1 aliphatic rings. The zero-order valence-corrected chi connectivity index (χ0v) is 12.7. The van der Waals surface area contributed by atoms with E-state index in [1.54, 1.807) is 11.0 Å². The number of hydrogen-bond donors (Lipinski definition) is 2. The zero-order valence-electron chi connectivity index (χ0n) is 12.7.